The first-order valence-electron chi connectivity index (χ1n) is 7.31. The molecule has 128 valence electrons. The predicted molar refractivity (Wildman–Crippen MR) is 90.4 cm³/mol. The van der Waals surface area contributed by atoms with E-state index in [0.717, 1.165) is 17.1 Å². The maximum absolute atomic E-state index is 11.6. The largest absolute Gasteiger partial charge is 0.497 e. The number of carbonyl (C=O) groups is 2. The van der Waals surface area contributed by atoms with Gasteiger partial charge in [-0.2, -0.15) is 0 Å². The van der Waals surface area contributed by atoms with Gasteiger partial charge in [-0.05, 0) is 31.2 Å². The predicted octanol–water partition coefficient (Wildman–Crippen LogP) is 1.23. The second-order valence-corrected chi connectivity index (χ2v) is 5.74. The van der Waals surface area contributed by atoms with Crippen molar-refractivity contribution in [2.45, 2.75) is 25.5 Å². The van der Waals surface area contributed by atoms with Gasteiger partial charge in [0.25, 0.3) is 0 Å². The molecule has 0 saturated heterocycles. The fourth-order valence-corrected chi connectivity index (χ4v) is 2.76. The molecule has 9 heteroatoms. The van der Waals surface area contributed by atoms with Crippen LogP contribution in [0.4, 0.5) is 0 Å². The zero-order valence-electron chi connectivity index (χ0n) is 13.7. The first-order chi connectivity index (χ1) is 11.5. The Kier molecular flexibility index (Phi) is 6.19. The zero-order chi connectivity index (χ0) is 17.5. The summed E-state index contributed by atoms with van der Waals surface area (Å²) >= 11 is 1.26. The molecule has 0 aliphatic rings. The number of rotatable bonds is 6. The first-order valence-corrected chi connectivity index (χ1v) is 8.29. The molecule has 0 aliphatic heterocycles. The van der Waals surface area contributed by atoms with E-state index in [1.807, 2.05) is 35.8 Å². The van der Waals surface area contributed by atoms with Gasteiger partial charge in [0.05, 0.1) is 12.9 Å². The molecule has 2 aromatic rings. The van der Waals surface area contributed by atoms with Crippen molar-refractivity contribution in [2.75, 3.05) is 12.9 Å². The van der Waals surface area contributed by atoms with Gasteiger partial charge in [-0.25, -0.2) is 0 Å². The molecule has 1 aromatic carbocycles. The molecule has 2 rings (SSSR count). The van der Waals surface area contributed by atoms with Crippen LogP contribution in [-0.4, -0.2) is 39.4 Å². The molecule has 1 heterocycles. The molecule has 1 aromatic heterocycles. The van der Waals surface area contributed by atoms with E-state index >= 15 is 0 Å². The van der Waals surface area contributed by atoms with Crippen molar-refractivity contribution in [3.05, 3.63) is 24.3 Å². The van der Waals surface area contributed by atoms with Crippen molar-refractivity contribution < 1.29 is 14.3 Å². The van der Waals surface area contributed by atoms with Crippen molar-refractivity contribution >= 4 is 23.6 Å². The minimum atomic E-state index is -0.327. The Morgan fingerprint density at radius 1 is 1.21 bits per heavy atom. The van der Waals surface area contributed by atoms with Crippen LogP contribution in [0.15, 0.2) is 29.4 Å². The lowest BCUT2D eigenvalue weighted by atomic mass is 10.2. The summed E-state index contributed by atoms with van der Waals surface area (Å²) in [7, 11) is 1.62. The van der Waals surface area contributed by atoms with Crippen molar-refractivity contribution in [2.24, 2.45) is 0 Å². The fraction of sp³-hybridized carbons (Fsp3) is 0.333. The van der Waals surface area contributed by atoms with Crippen LogP contribution in [0.5, 0.6) is 5.75 Å². The Morgan fingerprint density at radius 2 is 1.92 bits per heavy atom. The number of carbonyl (C=O) groups excluding carboxylic acids is 2. The Labute approximate surface area is 143 Å². The lowest BCUT2D eigenvalue weighted by molar-refractivity contribution is -0.126. The number of nitrogens with one attached hydrogen (secondary N) is 2. The second-order valence-electron chi connectivity index (χ2n) is 4.80. The van der Waals surface area contributed by atoms with Gasteiger partial charge in [0.2, 0.25) is 11.8 Å². The van der Waals surface area contributed by atoms with Gasteiger partial charge in [-0.1, -0.05) is 11.8 Å². The molecule has 24 heavy (non-hydrogen) atoms. The molecule has 0 aliphatic carbocycles. The Morgan fingerprint density at radius 3 is 2.50 bits per heavy atom. The summed E-state index contributed by atoms with van der Waals surface area (Å²) in [6, 6.07) is 7.54. The third kappa shape index (κ3) is 4.48. The van der Waals surface area contributed by atoms with Crippen LogP contribution in [0.2, 0.25) is 0 Å². The van der Waals surface area contributed by atoms with Crippen LogP contribution < -0.4 is 15.6 Å². The average molecular weight is 349 g/mol. The van der Waals surface area contributed by atoms with Gasteiger partial charge >= 0.3 is 0 Å². The molecule has 0 atom stereocenters. The van der Waals surface area contributed by atoms with E-state index in [9.17, 15) is 9.59 Å². The van der Waals surface area contributed by atoms with E-state index in [4.69, 9.17) is 4.74 Å². The minimum absolute atomic E-state index is 0.126. The van der Waals surface area contributed by atoms with Gasteiger partial charge < -0.3 is 9.30 Å². The monoisotopic (exact) mass is 349 g/mol. The van der Waals surface area contributed by atoms with E-state index in [1.54, 1.807) is 7.11 Å². The van der Waals surface area contributed by atoms with Crippen LogP contribution in [0.3, 0.4) is 0 Å². The molecule has 2 N–H and O–H groups in total. The number of nitrogens with zero attached hydrogens (tertiary/aromatic N) is 3. The summed E-state index contributed by atoms with van der Waals surface area (Å²) in [4.78, 5) is 22.4. The van der Waals surface area contributed by atoms with E-state index in [-0.39, 0.29) is 17.6 Å². The number of benzene rings is 1. The maximum atomic E-state index is 11.6. The van der Waals surface area contributed by atoms with Crippen LogP contribution in [-0.2, 0) is 16.1 Å². The summed E-state index contributed by atoms with van der Waals surface area (Å²) in [6.07, 6.45) is 0. The molecule has 0 unspecified atom stereocenters. The number of hydrazine groups is 1. The van der Waals surface area contributed by atoms with Gasteiger partial charge in [0.15, 0.2) is 11.0 Å². The van der Waals surface area contributed by atoms with Crippen LogP contribution in [0.25, 0.3) is 11.4 Å². The van der Waals surface area contributed by atoms with Gasteiger partial charge in [-0.3, -0.25) is 20.4 Å². The first kappa shape index (κ1) is 17.8. The van der Waals surface area contributed by atoms with Crippen LogP contribution >= 0.6 is 11.8 Å². The second kappa shape index (κ2) is 8.34. The number of amides is 2. The summed E-state index contributed by atoms with van der Waals surface area (Å²) in [5.41, 5.74) is 5.47. The number of thioether (sulfide) groups is 1. The Balaban J connectivity index is 2.08. The van der Waals surface area contributed by atoms with Gasteiger partial charge in [0, 0.05) is 19.0 Å². The SMILES string of the molecule is CCn1c(SCC(=O)NNC(C)=O)nnc1-c1ccc(OC)cc1. The molecule has 0 spiro atoms. The molecule has 0 fully saturated rings. The topological polar surface area (TPSA) is 98.1 Å². The molecular weight excluding hydrogens is 330 g/mol. The zero-order valence-corrected chi connectivity index (χ0v) is 14.5. The molecule has 0 radical (unpaired) electrons. The van der Waals surface area contributed by atoms with Crippen LogP contribution in [0.1, 0.15) is 13.8 Å². The van der Waals surface area contributed by atoms with E-state index in [1.165, 1.54) is 18.7 Å². The van der Waals surface area contributed by atoms with Crippen molar-refractivity contribution in [3.63, 3.8) is 0 Å². The highest BCUT2D eigenvalue weighted by Gasteiger charge is 2.14. The molecule has 8 nitrogen and oxygen atoms in total. The van der Waals surface area contributed by atoms with Crippen LogP contribution in [0, 0.1) is 0 Å². The summed E-state index contributed by atoms with van der Waals surface area (Å²) in [6.45, 7) is 3.98. The molecule has 2 amide bonds. The van der Waals surface area contributed by atoms with Gasteiger partial charge in [0.1, 0.15) is 5.75 Å². The lowest BCUT2D eigenvalue weighted by Crippen LogP contribution is -2.41. The highest BCUT2D eigenvalue weighted by atomic mass is 32.2. The number of methoxy groups -OCH3 is 1. The Hall–Kier alpha value is -2.55. The van der Waals surface area contributed by atoms with Gasteiger partial charge in [-0.15, -0.1) is 10.2 Å². The third-order valence-corrected chi connectivity index (χ3v) is 4.06. The average Bonchev–Trinajstić information content (AvgIpc) is 3.01. The third-order valence-electron chi connectivity index (χ3n) is 3.09. The Bertz CT molecular complexity index is 714. The molecular formula is C15H19N5O3S. The lowest BCUT2D eigenvalue weighted by Gasteiger charge is -2.08. The van der Waals surface area contributed by atoms with Crippen molar-refractivity contribution in [3.8, 4) is 17.1 Å². The van der Waals surface area contributed by atoms with E-state index < -0.39 is 0 Å². The van der Waals surface area contributed by atoms with Crippen molar-refractivity contribution in [1.82, 2.24) is 25.6 Å². The maximum Gasteiger partial charge on any atom is 0.248 e. The van der Waals surface area contributed by atoms with Crippen molar-refractivity contribution in [1.29, 1.82) is 0 Å². The minimum Gasteiger partial charge on any atom is -0.497 e. The summed E-state index contributed by atoms with van der Waals surface area (Å²) in [5, 5.41) is 9.01. The number of hydrogen-bond acceptors (Lipinski definition) is 6. The standard InChI is InChI=1S/C15H19N5O3S/c1-4-20-14(11-5-7-12(23-3)8-6-11)18-19-15(20)24-9-13(22)17-16-10(2)21/h5-8H,4,9H2,1-3H3,(H,16,21)(H,17,22). The highest BCUT2D eigenvalue weighted by Crippen LogP contribution is 2.25. The number of aromatic nitrogens is 3. The fourth-order valence-electron chi connectivity index (χ4n) is 1.96. The smallest absolute Gasteiger partial charge is 0.248 e. The normalized spacial score (nSPS) is 10.3. The number of hydrogen-bond donors (Lipinski definition) is 2. The quantitative estimate of drug-likeness (QED) is 0.601. The van der Waals surface area contributed by atoms with E-state index in [0.29, 0.717) is 11.7 Å². The summed E-state index contributed by atoms with van der Waals surface area (Å²) in [5.74, 6) is 0.982. The molecule has 0 bridgehead atoms. The molecule has 0 saturated carbocycles. The highest BCUT2D eigenvalue weighted by molar-refractivity contribution is 7.99. The summed E-state index contributed by atoms with van der Waals surface area (Å²) < 4.78 is 7.08. The number of ether oxygens (including phenoxy) is 1. The van der Waals surface area contributed by atoms with E-state index in [2.05, 4.69) is 21.0 Å².